The van der Waals surface area contributed by atoms with E-state index in [1.165, 1.54) is 0 Å². The molecule has 0 unspecified atom stereocenters. The molecular weight excluding hydrogens is 190 g/mol. The molecule has 2 aromatic rings. The van der Waals surface area contributed by atoms with Crippen molar-refractivity contribution in [2.75, 3.05) is 0 Å². The van der Waals surface area contributed by atoms with E-state index in [0.717, 1.165) is 17.0 Å². The van der Waals surface area contributed by atoms with Crippen molar-refractivity contribution in [1.82, 2.24) is 9.97 Å². The Morgan fingerprint density at radius 3 is 2.33 bits per heavy atom. The van der Waals surface area contributed by atoms with Gasteiger partial charge in [0.05, 0.1) is 6.61 Å². The fourth-order valence-electron chi connectivity index (χ4n) is 1.29. The smallest absolute Gasteiger partial charge is 0.159 e. The van der Waals surface area contributed by atoms with Crippen LogP contribution in [0.25, 0.3) is 11.4 Å². The molecule has 0 aliphatic heterocycles. The minimum atomic E-state index is 0.413. The molecule has 0 aliphatic carbocycles. The second-order valence-corrected chi connectivity index (χ2v) is 3.08. The first-order valence-electron chi connectivity index (χ1n) is 4.58. The van der Waals surface area contributed by atoms with Gasteiger partial charge in [-0.15, -0.1) is 0 Å². The minimum absolute atomic E-state index is 0.413. The zero-order valence-corrected chi connectivity index (χ0v) is 8.13. The van der Waals surface area contributed by atoms with Crippen LogP contribution in [0.4, 0.5) is 0 Å². The van der Waals surface area contributed by atoms with Gasteiger partial charge in [0.15, 0.2) is 5.82 Å². The Balaban J connectivity index is 2.24. The molecular formula is C11H11N3O. The molecule has 0 radical (unpaired) electrons. The van der Waals surface area contributed by atoms with Gasteiger partial charge in [-0.3, -0.25) is 4.84 Å². The topological polar surface area (TPSA) is 61.0 Å². The third-order valence-corrected chi connectivity index (χ3v) is 2.03. The molecule has 0 spiro atoms. The molecule has 2 N–H and O–H groups in total. The molecule has 0 aliphatic rings. The van der Waals surface area contributed by atoms with Gasteiger partial charge >= 0.3 is 0 Å². The van der Waals surface area contributed by atoms with Gasteiger partial charge in [0.1, 0.15) is 0 Å². The highest BCUT2D eigenvalue weighted by Crippen LogP contribution is 2.14. The van der Waals surface area contributed by atoms with Crippen LogP contribution in [0.2, 0.25) is 0 Å². The largest absolute Gasteiger partial charge is 0.300 e. The minimum Gasteiger partial charge on any atom is -0.300 e. The van der Waals surface area contributed by atoms with Crippen LogP contribution < -0.4 is 5.90 Å². The normalized spacial score (nSPS) is 10.2. The number of benzene rings is 1. The second kappa shape index (κ2) is 4.63. The fourth-order valence-corrected chi connectivity index (χ4v) is 1.29. The van der Waals surface area contributed by atoms with Crippen molar-refractivity contribution >= 4 is 0 Å². The van der Waals surface area contributed by atoms with Gasteiger partial charge < -0.3 is 0 Å². The maximum Gasteiger partial charge on any atom is 0.159 e. The van der Waals surface area contributed by atoms with E-state index in [0.29, 0.717) is 6.61 Å². The fraction of sp³-hybridized carbons (Fsp3) is 0.0909. The van der Waals surface area contributed by atoms with Crippen LogP contribution >= 0.6 is 0 Å². The Bertz CT molecular complexity index is 414. The maximum absolute atomic E-state index is 4.99. The van der Waals surface area contributed by atoms with Crippen LogP contribution in [0.15, 0.2) is 42.7 Å². The Labute approximate surface area is 87.7 Å². The predicted octanol–water partition coefficient (Wildman–Crippen LogP) is 1.53. The first kappa shape index (κ1) is 9.76. The summed E-state index contributed by atoms with van der Waals surface area (Å²) in [7, 11) is 0. The molecule has 76 valence electrons. The number of hydrogen-bond acceptors (Lipinski definition) is 4. The summed E-state index contributed by atoms with van der Waals surface area (Å²) in [6.45, 7) is 0.413. The molecule has 0 bridgehead atoms. The maximum atomic E-state index is 4.99. The summed E-state index contributed by atoms with van der Waals surface area (Å²) < 4.78 is 0. The number of nitrogens with zero attached hydrogens (tertiary/aromatic N) is 2. The van der Waals surface area contributed by atoms with Crippen LogP contribution in [0.5, 0.6) is 0 Å². The highest BCUT2D eigenvalue weighted by molar-refractivity contribution is 5.54. The lowest BCUT2D eigenvalue weighted by atomic mass is 10.1. The molecule has 0 amide bonds. The van der Waals surface area contributed by atoms with Crippen LogP contribution in [-0.4, -0.2) is 9.97 Å². The Morgan fingerprint density at radius 2 is 1.73 bits per heavy atom. The molecule has 1 heterocycles. The van der Waals surface area contributed by atoms with Crippen molar-refractivity contribution in [3.63, 3.8) is 0 Å². The monoisotopic (exact) mass is 201 g/mol. The molecule has 0 atom stereocenters. The predicted molar refractivity (Wildman–Crippen MR) is 56.4 cm³/mol. The summed E-state index contributed by atoms with van der Waals surface area (Å²) in [6, 6.07) is 9.57. The van der Waals surface area contributed by atoms with Crippen LogP contribution in [0.1, 0.15) is 5.56 Å². The molecule has 1 aromatic carbocycles. The van der Waals surface area contributed by atoms with Crippen molar-refractivity contribution < 1.29 is 4.84 Å². The van der Waals surface area contributed by atoms with Crippen molar-refractivity contribution in [1.29, 1.82) is 0 Å². The van der Waals surface area contributed by atoms with E-state index in [4.69, 9.17) is 5.90 Å². The van der Waals surface area contributed by atoms with Gasteiger partial charge in [0.25, 0.3) is 0 Å². The van der Waals surface area contributed by atoms with Crippen molar-refractivity contribution in [3.05, 3.63) is 48.3 Å². The Hall–Kier alpha value is -1.78. The Kier molecular flexibility index (Phi) is 3.02. The van der Waals surface area contributed by atoms with E-state index in [-0.39, 0.29) is 0 Å². The van der Waals surface area contributed by atoms with Gasteiger partial charge in [0, 0.05) is 18.0 Å². The van der Waals surface area contributed by atoms with Crippen LogP contribution in [0, 0.1) is 0 Å². The standard InChI is InChI=1S/C11H11N3O/c12-15-8-9-2-4-10(5-3-9)11-13-6-1-7-14-11/h1-7H,8,12H2. The lowest BCUT2D eigenvalue weighted by molar-refractivity contribution is 0.124. The molecule has 15 heavy (non-hydrogen) atoms. The van der Waals surface area contributed by atoms with Crippen molar-refractivity contribution in [3.8, 4) is 11.4 Å². The molecule has 0 fully saturated rings. The molecule has 2 rings (SSSR count). The summed E-state index contributed by atoms with van der Waals surface area (Å²) in [5.41, 5.74) is 2.01. The summed E-state index contributed by atoms with van der Waals surface area (Å²) in [4.78, 5) is 12.9. The number of aromatic nitrogens is 2. The Morgan fingerprint density at radius 1 is 1.07 bits per heavy atom. The highest BCUT2D eigenvalue weighted by atomic mass is 16.6. The highest BCUT2D eigenvalue weighted by Gasteiger charge is 1.99. The lowest BCUT2D eigenvalue weighted by Gasteiger charge is -2.01. The molecule has 0 saturated heterocycles. The lowest BCUT2D eigenvalue weighted by Crippen LogP contribution is -1.98. The van der Waals surface area contributed by atoms with Gasteiger partial charge in [-0.2, -0.15) is 0 Å². The van der Waals surface area contributed by atoms with Gasteiger partial charge in [-0.05, 0) is 11.6 Å². The van der Waals surface area contributed by atoms with E-state index < -0.39 is 0 Å². The van der Waals surface area contributed by atoms with E-state index in [1.807, 2.05) is 24.3 Å². The van der Waals surface area contributed by atoms with Crippen molar-refractivity contribution in [2.45, 2.75) is 6.61 Å². The van der Waals surface area contributed by atoms with Gasteiger partial charge in [0.2, 0.25) is 0 Å². The van der Waals surface area contributed by atoms with Crippen LogP contribution in [-0.2, 0) is 11.4 Å². The SMILES string of the molecule is NOCc1ccc(-c2ncccn2)cc1. The third-order valence-electron chi connectivity index (χ3n) is 2.03. The van der Waals surface area contributed by atoms with E-state index in [9.17, 15) is 0 Å². The van der Waals surface area contributed by atoms with Gasteiger partial charge in [-0.25, -0.2) is 15.9 Å². The van der Waals surface area contributed by atoms with E-state index in [2.05, 4.69) is 14.8 Å². The first-order valence-corrected chi connectivity index (χ1v) is 4.58. The van der Waals surface area contributed by atoms with E-state index >= 15 is 0 Å². The summed E-state index contributed by atoms with van der Waals surface area (Å²) in [6.07, 6.45) is 3.44. The van der Waals surface area contributed by atoms with Gasteiger partial charge in [-0.1, -0.05) is 24.3 Å². The molecule has 4 heteroatoms. The number of hydrogen-bond donors (Lipinski definition) is 1. The quantitative estimate of drug-likeness (QED) is 0.765. The first-order chi connectivity index (χ1) is 7.40. The second-order valence-electron chi connectivity index (χ2n) is 3.08. The number of nitrogens with two attached hydrogens (primary N) is 1. The zero-order chi connectivity index (χ0) is 10.5. The summed E-state index contributed by atoms with van der Waals surface area (Å²) >= 11 is 0. The molecule has 1 aromatic heterocycles. The zero-order valence-electron chi connectivity index (χ0n) is 8.13. The third kappa shape index (κ3) is 2.37. The summed E-state index contributed by atoms with van der Waals surface area (Å²) in [5, 5.41) is 0. The van der Waals surface area contributed by atoms with E-state index in [1.54, 1.807) is 18.5 Å². The summed E-state index contributed by atoms with van der Waals surface area (Å²) in [5.74, 6) is 5.71. The molecule has 0 saturated carbocycles. The molecule has 4 nitrogen and oxygen atoms in total. The average Bonchev–Trinajstić information content (AvgIpc) is 2.32. The average molecular weight is 201 g/mol. The number of rotatable bonds is 3. The van der Waals surface area contributed by atoms with Crippen molar-refractivity contribution in [2.24, 2.45) is 5.90 Å². The van der Waals surface area contributed by atoms with Crippen LogP contribution in [0.3, 0.4) is 0 Å².